The van der Waals surface area contributed by atoms with Crippen molar-refractivity contribution in [3.05, 3.63) is 78.1 Å². The summed E-state index contributed by atoms with van der Waals surface area (Å²) in [6, 6.07) is 11.1. The molecule has 2 aromatic heterocycles. The fourth-order valence-corrected chi connectivity index (χ4v) is 3.30. The molecule has 4 aromatic rings. The number of carbonyl (C=O) groups excluding carboxylic acids is 1. The standard InChI is InChI=1S/C23H19F3N6O2/c1-34-13-18(26)21(12-32-27-9-10-28-32)29-23(33)16-3-2-4-17(25)22(16)20-11-19(30-31-20)14-5-7-15(24)8-6-14/h2-11,18H,12-13H2,1H3,(H,30,31)/b29-21-. The van der Waals surface area contributed by atoms with Gasteiger partial charge in [0.1, 0.15) is 18.2 Å². The largest absolute Gasteiger partial charge is 0.381 e. The zero-order valence-electron chi connectivity index (χ0n) is 18.0. The average molecular weight is 468 g/mol. The van der Waals surface area contributed by atoms with Crippen LogP contribution in [0.5, 0.6) is 0 Å². The molecule has 0 aliphatic heterocycles. The lowest BCUT2D eigenvalue weighted by Crippen LogP contribution is -2.28. The summed E-state index contributed by atoms with van der Waals surface area (Å²) in [6.45, 7) is -0.519. The summed E-state index contributed by atoms with van der Waals surface area (Å²) in [5, 5.41) is 14.7. The number of halogens is 3. The molecule has 1 atom stereocenters. The monoisotopic (exact) mass is 468 g/mol. The van der Waals surface area contributed by atoms with Crippen LogP contribution in [-0.2, 0) is 11.3 Å². The number of rotatable bonds is 8. The molecule has 1 amide bonds. The highest BCUT2D eigenvalue weighted by atomic mass is 19.1. The van der Waals surface area contributed by atoms with Crippen molar-refractivity contribution in [2.75, 3.05) is 13.7 Å². The first-order valence-electron chi connectivity index (χ1n) is 10.2. The van der Waals surface area contributed by atoms with E-state index < -0.39 is 23.7 Å². The van der Waals surface area contributed by atoms with Gasteiger partial charge in [0.15, 0.2) is 6.17 Å². The first-order chi connectivity index (χ1) is 16.5. The second kappa shape index (κ2) is 10.2. The van der Waals surface area contributed by atoms with Gasteiger partial charge in [-0.25, -0.2) is 18.2 Å². The molecule has 1 N–H and O–H groups in total. The average Bonchev–Trinajstić information content (AvgIpc) is 3.51. The number of benzene rings is 2. The maximum Gasteiger partial charge on any atom is 0.277 e. The molecule has 0 saturated carbocycles. The Hall–Kier alpha value is -4.12. The number of H-pyrrole nitrogens is 1. The number of hydrogen-bond donors (Lipinski definition) is 1. The van der Waals surface area contributed by atoms with Crippen molar-refractivity contribution in [2.24, 2.45) is 4.99 Å². The minimum atomic E-state index is -1.70. The molecule has 34 heavy (non-hydrogen) atoms. The van der Waals surface area contributed by atoms with Crippen LogP contribution < -0.4 is 0 Å². The van der Waals surface area contributed by atoms with E-state index in [2.05, 4.69) is 25.4 Å². The van der Waals surface area contributed by atoms with Crippen molar-refractivity contribution in [2.45, 2.75) is 12.7 Å². The maximum atomic E-state index is 14.9. The van der Waals surface area contributed by atoms with Gasteiger partial charge in [0.05, 0.1) is 47.2 Å². The van der Waals surface area contributed by atoms with Crippen molar-refractivity contribution in [1.29, 1.82) is 0 Å². The van der Waals surface area contributed by atoms with Gasteiger partial charge in [0, 0.05) is 7.11 Å². The van der Waals surface area contributed by atoms with E-state index in [0.29, 0.717) is 11.3 Å². The van der Waals surface area contributed by atoms with E-state index in [-0.39, 0.29) is 35.7 Å². The summed E-state index contributed by atoms with van der Waals surface area (Å²) >= 11 is 0. The van der Waals surface area contributed by atoms with Gasteiger partial charge in [0.2, 0.25) is 0 Å². The number of methoxy groups -OCH3 is 1. The number of ether oxygens (including phenoxy) is 1. The van der Waals surface area contributed by atoms with E-state index in [1.54, 1.807) is 0 Å². The lowest BCUT2D eigenvalue weighted by Gasteiger charge is -2.11. The lowest BCUT2D eigenvalue weighted by atomic mass is 10.0. The Morgan fingerprint density at radius 3 is 2.59 bits per heavy atom. The Morgan fingerprint density at radius 2 is 1.88 bits per heavy atom. The van der Waals surface area contributed by atoms with Crippen LogP contribution >= 0.6 is 0 Å². The van der Waals surface area contributed by atoms with E-state index in [1.807, 2.05) is 0 Å². The van der Waals surface area contributed by atoms with E-state index in [0.717, 1.165) is 0 Å². The SMILES string of the molecule is COCC(F)/C(Cn1nccn1)=N\C(=O)c1cccc(F)c1-c1cc(-c2ccc(F)cc2)[nH]n1. The Labute approximate surface area is 192 Å². The van der Waals surface area contributed by atoms with Crippen molar-refractivity contribution < 1.29 is 22.7 Å². The quantitative estimate of drug-likeness (QED) is 0.396. The molecule has 0 fully saturated rings. The van der Waals surface area contributed by atoms with Crippen LogP contribution in [0.25, 0.3) is 22.5 Å². The van der Waals surface area contributed by atoms with Crippen LogP contribution in [-0.4, -0.2) is 56.7 Å². The first-order valence-corrected chi connectivity index (χ1v) is 10.2. The molecule has 0 saturated heterocycles. The molecule has 1 unspecified atom stereocenters. The smallest absolute Gasteiger partial charge is 0.277 e. The molecule has 2 heterocycles. The third-order valence-corrected chi connectivity index (χ3v) is 4.92. The second-order valence-electron chi connectivity index (χ2n) is 7.23. The summed E-state index contributed by atoms with van der Waals surface area (Å²) in [4.78, 5) is 18.1. The van der Waals surface area contributed by atoms with E-state index in [9.17, 15) is 18.0 Å². The molecular weight excluding hydrogens is 449 g/mol. The maximum absolute atomic E-state index is 14.9. The number of aromatic amines is 1. The van der Waals surface area contributed by atoms with Gasteiger partial charge in [-0.15, -0.1) is 0 Å². The van der Waals surface area contributed by atoms with Crippen LogP contribution in [0.3, 0.4) is 0 Å². The molecular formula is C23H19F3N6O2. The zero-order chi connectivity index (χ0) is 24.1. The Kier molecular flexibility index (Phi) is 6.93. The number of aromatic nitrogens is 5. The Bertz CT molecular complexity index is 1300. The molecule has 4 rings (SSSR count). The summed E-state index contributed by atoms with van der Waals surface area (Å²) in [7, 11) is 1.32. The minimum absolute atomic E-state index is 0.0976. The van der Waals surface area contributed by atoms with Gasteiger partial charge in [-0.1, -0.05) is 6.07 Å². The van der Waals surface area contributed by atoms with Gasteiger partial charge in [-0.3, -0.25) is 9.89 Å². The normalized spacial score (nSPS) is 12.6. The predicted octanol–water partition coefficient (Wildman–Crippen LogP) is 3.88. The minimum Gasteiger partial charge on any atom is -0.381 e. The number of amides is 1. The number of aliphatic imine (C=N–C) groups is 1. The molecule has 2 aromatic carbocycles. The second-order valence-corrected chi connectivity index (χ2v) is 7.23. The fourth-order valence-electron chi connectivity index (χ4n) is 3.30. The predicted molar refractivity (Wildman–Crippen MR) is 118 cm³/mol. The van der Waals surface area contributed by atoms with Gasteiger partial charge in [0.25, 0.3) is 5.91 Å². The number of hydrogen-bond acceptors (Lipinski definition) is 5. The molecule has 0 spiro atoms. The Balaban J connectivity index is 1.70. The number of nitrogens with zero attached hydrogens (tertiary/aromatic N) is 5. The number of nitrogens with one attached hydrogen (secondary N) is 1. The highest BCUT2D eigenvalue weighted by molar-refractivity contribution is 6.08. The fraction of sp³-hybridized carbons (Fsp3) is 0.174. The highest BCUT2D eigenvalue weighted by Gasteiger charge is 2.23. The van der Waals surface area contributed by atoms with Gasteiger partial charge in [-0.05, 0) is 48.0 Å². The third kappa shape index (κ3) is 5.09. The Morgan fingerprint density at radius 1 is 1.15 bits per heavy atom. The van der Waals surface area contributed by atoms with Crippen molar-refractivity contribution in [1.82, 2.24) is 25.2 Å². The van der Waals surface area contributed by atoms with E-state index in [4.69, 9.17) is 4.74 Å². The zero-order valence-corrected chi connectivity index (χ0v) is 18.0. The molecule has 0 aliphatic carbocycles. The summed E-state index contributed by atoms with van der Waals surface area (Å²) < 4.78 is 47.6. The van der Waals surface area contributed by atoms with Crippen molar-refractivity contribution >= 4 is 11.6 Å². The molecule has 11 heteroatoms. The van der Waals surface area contributed by atoms with Gasteiger partial charge >= 0.3 is 0 Å². The van der Waals surface area contributed by atoms with Crippen LogP contribution in [0, 0.1) is 11.6 Å². The molecule has 0 radical (unpaired) electrons. The molecule has 0 bridgehead atoms. The van der Waals surface area contributed by atoms with Gasteiger partial charge in [-0.2, -0.15) is 20.1 Å². The molecule has 0 aliphatic rings. The van der Waals surface area contributed by atoms with Crippen molar-refractivity contribution in [3.63, 3.8) is 0 Å². The number of carbonyl (C=O) groups is 1. The molecule has 8 nitrogen and oxygen atoms in total. The topological polar surface area (TPSA) is 98.0 Å². The highest BCUT2D eigenvalue weighted by Crippen LogP contribution is 2.29. The van der Waals surface area contributed by atoms with Crippen LogP contribution in [0.15, 0.2) is 65.9 Å². The van der Waals surface area contributed by atoms with Crippen molar-refractivity contribution in [3.8, 4) is 22.5 Å². The summed E-state index contributed by atoms with van der Waals surface area (Å²) in [6.07, 6.45) is 1.11. The first kappa shape index (κ1) is 23.1. The van der Waals surface area contributed by atoms with E-state index >= 15 is 0 Å². The summed E-state index contributed by atoms with van der Waals surface area (Å²) in [5.41, 5.74) is 0.880. The van der Waals surface area contributed by atoms with Crippen LogP contribution in [0.1, 0.15) is 10.4 Å². The lowest BCUT2D eigenvalue weighted by molar-refractivity contribution is 0.0999. The molecule has 174 valence electrons. The third-order valence-electron chi connectivity index (χ3n) is 4.92. The van der Waals surface area contributed by atoms with Gasteiger partial charge < -0.3 is 4.74 Å². The van der Waals surface area contributed by atoms with Crippen LogP contribution in [0.4, 0.5) is 13.2 Å². The van der Waals surface area contributed by atoms with Crippen LogP contribution in [0.2, 0.25) is 0 Å². The summed E-state index contributed by atoms with van der Waals surface area (Å²) in [5.74, 6) is -1.96. The van der Waals surface area contributed by atoms with E-state index in [1.165, 1.54) is 72.8 Å². The number of alkyl halides is 1.